The molecule has 3 atom stereocenters. The lowest BCUT2D eigenvalue weighted by atomic mass is 9.83. The van der Waals surface area contributed by atoms with Crippen molar-refractivity contribution in [1.82, 2.24) is 9.80 Å². The Labute approximate surface area is 244 Å². The van der Waals surface area contributed by atoms with Crippen molar-refractivity contribution in [3.05, 3.63) is 82.9 Å². The number of imide groups is 1. The molecule has 0 radical (unpaired) electrons. The number of rotatable bonds is 8. The van der Waals surface area contributed by atoms with E-state index in [9.17, 15) is 14.4 Å². The number of carbonyl (C=O) groups excluding carboxylic acids is 3. The Morgan fingerprint density at radius 1 is 0.833 bits per heavy atom. The van der Waals surface area contributed by atoms with Gasteiger partial charge in [0.25, 0.3) is 5.91 Å². The molecule has 2 heterocycles. The van der Waals surface area contributed by atoms with Crippen LogP contribution in [0.5, 0.6) is 23.0 Å². The van der Waals surface area contributed by atoms with Crippen molar-refractivity contribution in [2.75, 3.05) is 28.4 Å². The van der Waals surface area contributed by atoms with Gasteiger partial charge in [-0.15, -0.1) is 0 Å². The fourth-order valence-corrected chi connectivity index (χ4v) is 5.94. The molecule has 0 spiro atoms. The standard InChI is InChI=1S/C32H34N2O8/c1-19-29-23(27(40-4)13-14-28(29)41-5)17-25-31(36)34(32(37)42-18-20-9-7-6-8-10-20)24(30(35)33(19)25)16-21-15-22(38-2)11-12-26(21)39-3/h6-15,19,24-25H,16-18H2,1-5H3/t19-,24+,25+/m1/s1. The number of benzene rings is 3. The molecule has 3 aromatic carbocycles. The first-order valence-corrected chi connectivity index (χ1v) is 13.6. The van der Waals surface area contributed by atoms with Gasteiger partial charge in [-0.05, 0) is 42.8 Å². The van der Waals surface area contributed by atoms with Gasteiger partial charge in [-0.3, -0.25) is 9.59 Å². The molecule has 3 amide bonds. The number of carbonyl (C=O) groups is 3. The summed E-state index contributed by atoms with van der Waals surface area (Å²) in [7, 11) is 6.17. The predicted octanol–water partition coefficient (Wildman–Crippen LogP) is 4.33. The SMILES string of the molecule is COc1ccc(OC)c(C[C@H]2C(=O)N3[C@H](C)c4c(OC)ccc(OC)c4C[C@H]3C(=O)N2C(=O)OCc2ccccc2)c1. The Balaban J connectivity index is 1.57. The number of piperazine rings is 1. The molecule has 3 aromatic rings. The number of ether oxygens (including phenoxy) is 5. The quantitative estimate of drug-likeness (QED) is 0.392. The zero-order valence-corrected chi connectivity index (χ0v) is 24.3. The van der Waals surface area contributed by atoms with Crippen molar-refractivity contribution < 1.29 is 38.1 Å². The van der Waals surface area contributed by atoms with Crippen LogP contribution in [-0.4, -0.2) is 68.2 Å². The van der Waals surface area contributed by atoms with Crippen LogP contribution in [0, 0.1) is 0 Å². The third-order valence-electron chi connectivity index (χ3n) is 7.96. The highest BCUT2D eigenvalue weighted by Gasteiger charge is 2.53. The summed E-state index contributed by atoms with van der Waals surface area (Å²) in [6, 6.07) is 15.3. The number of amides is 3. The average molecular weight is 575 g/mol. The summed E-state index contributed by atoms with van der Waals surface area (Å²) in [4.78, 5) is 44.8. The summed E-state index contributed by atoms with van der Waals surface area (Å²) in [6.45, 7) is 1.80. The first-order chi connectivity index (χ1) is 20.3. The van der Waals surface area contributed by atoms with E-state index in [1.165, 1.54) is 14.2 Å². The Kier molecular flexibility index (Phi) is 8.24. The molecule has 0 aliphatic carbocycles. The minimum absolute atomic E-state index is 0.00340. The van der Waals surface area contributed by atoms with Crippen LogP contribution in [-0.2, 0) is 33.8 Å². The number of methoxy groups -OCH3 is 4. The van der Waals surface area contributed by atoms with E-state index in [0.29, 0.717) is 28.6 Å². The first kappa shape index (κ1) is 28.8. The van der Waals surface area contributed by atoms with E-state index in [2.05, 4.69) is 0 Å². The topological polar surface area (TPSA) is 104 Å². The molecule has 10 nitrogen and oxygen atoms in total. The highest BCUT2D eigenvalue weighted by atomic mass is 16.6. The van der Waals surface area contributed by atoms with Gasteiger partial charge in [0.1, 0.15) is 41.7 Å². The van der Waals surface area contributed by atoms with E-state index < -0.39 is 30.1 Å². The summed E-state index contributed by atoms with van der Waals surface area (Å²) >= 11 is 0. The Hall–Kier alpha value is -4.73. The number of hydrogen-bond donors (Lipinski definition) is 0. The van der Waals surface area contributed by atoms with Gasteiger partial charge in [0, 0.05) is 29.5 Å². The van der Waals surface area contributed by atoms with Crippen molar-refractivity contribution >= 4 is 17.9 Å². The molecule has 0 saturated carbocycles. The molecule has 0 N–H and O–H groups in total. The predicted molar refractivity (Wildman–Crippen MR) is 153 cm³/mol. The Morgan fingerprint density at radius 3 is 2.17 bits per heavy atom. The van der Waals surface area contributed by atoms with Crippen molar-refractivity contribution in [1.29, 1.82) is 0 Å². The summed E-state index contributed by atoms with van der Waals surface area (Å²) < 4.78 is 27.8. The smallest absolute Gasteiger partial charge is 0.417 e. The summed E-state index contributed by atoms with van der Waals surface area (Å²) in [5.41, 5.74) is 2.89. The van der Waals surface area contributed by atoms with Crippen LogP contribution < -0.4 is 18.9 Å². The summed E-state index contributed by atoms with van der Waals surface area (Å²) in [5, 5.41) is 0. The number of fused-ring (bicyclic) bond motifs is 2. The molecule has 2 aliphatic heterocycles. The summed E-state index contributed by atoms with van der Waals surface area (Å²) in [5.74, 6) is 1.31. The van der Waals surface area contributed by atoms with Gasteiger partial charge in [0.15, 0.2) is 0 Å². The van der Waals surface area contributed by atoms with Crippen LogP contribution in [0.1, 0.15) is 35.2 Å². The fourth-order valence-electron chi connectivity index (χ4n) is 5.94. The largest absolute Gasteiger partial charge is 0.497 e. The minimum atomic E-state index is -1.18. The maximum absolute atomic E-state index is 14.4. The van der Waals surface area contributed by atoms with E-state index >= 15 is 0 Å². The molecule has 5 rings (SSSR count). The Morgan fingerprint density at radius 2 is 1.50 bits per heavy atom. The van der Waals surface area contributed by atoms with Crippen LogP contribution in [0.3, 0.4) is 0 Å². The number of nitrogens with zero attached hydrogens (tertiary/aromatic N) is 2. The molecule has 10 heteroatoms. The second-order valence-electron chi connectivity index (χ2n) is 10.1. The Bertz CT molecular complexity index is 1490. The van der Waals surface area contributed by atoms with Gasteiger partial charge >= 0.3 is 6.09 Å². The molecule has 0 aromatic heterocycles. The van der Waals surface area contributed by atoms with Crippen LogP contribution in [0.15, 0.2) is 60.7 Å². The van der Waals surface area contributed by atoms with Crippen molar-refractivity contribution in [3.63, 3.8) is 0 Å². The molecular formula is C32H34N2O8. The maximum atomic E-state index is 14.4. The molecular weight excluding hydrogens is 540 g/mol. The second-order valence-corrected chi connectivity index (χ2v) is 10.1. The average Bonchev–Trinajstić information content (AvgIpc) is 3.02. The van der Waals surface area contributed by atoms with E-state index in [4.69, 9.17) is 23.7 Å². The fraction of sp³-hybridized carbons (Fsp3) is 0.344. The van der Waals surface area contributed by atoms with Crippen LogP contribution in [0.25, 0.3) is 0 Å². The van der Waals surface area contributed by atoms with Crippen molar-refractivity contribution in [2.24, 2.45) is 0 Å². The van der Waals surface area contributed by atoms with Crippen LogP contribution >= 0.6 is 0 Å². The van der Waals surface area contributed by atoms with Gasteiger partial charge in [0.05, 0.1) is 34.5 Å². The van der Waals surface area contributed by atoms with E-state index in [1.54, 1.807) is 49.5 Å². The van der Waals surface area contributed by atoms with E-state index in [1.807, 2.05) is 37.3 Å². The molecule has 0 unspecified atom stereocenters. The highest BCUT2D eigenvalue weighted by molar-refractivity contribution is 6.05. The van der Waals surface area contributed by atoms with E-state index in [0.717, 1.165) is 21.6 Å². The second kappa shape index (κ2) is 12.0. The molecule has 42 heavy (non-hydrogen) atoms. The minimum Gasteiger partial charge on any atom is -0.497 e. The monoisotopic (exact) mass is 574 g/mol. The molecule has 0 bridgehead atoms. The van der Waals surface area contributed by atoms with Crippen molar-refractivity contribution in [3.8, 4) is 23.0 Å². The summed E-state index contributed by atoms with van der Waals surface area (Å²) in [6.07, 6.45) is -0.731. The molecule has 220 valence electrons. The van der Waals surface area contributed by atoms with E-state index in [-0.39, 0.29) is 25.4 Å². The normalized spacial score (nSPS) is 19.5. The van der Waals surface area contributed by atoms with Crippen LogP contribution in [0.2, 0.25) is 0 Å². The molecule has 1 saturated heterocycles. The number of hydrogen-bond acceptors (Lipinski definition) is 8. The zero-order chi connectivity index (χ0) is 30.0. The third-order valence-corrected chi connectivity index (χ3v) is 7.96. The third kappa shape index (κ3) is 5.08. The molecule has 2 aliphatic rings. The zero-order valence-electron chi connectivity index (χ0n) is 24.3. The first-order valence-electron chi connectivity index (χ1n) is 13.6. The van der Waals surface area contributed by atoms with Crippen LogP contribution in [0.4, 0.5) is 4.79 Å². The van der Waals surface area contributed by atoms with Gasteiger partial charge in [-0.1, -0.05) is 30.3 Å². The van der Waals surface area contributed by atoms with Gasteiger partial charge in [0.2, 0.25) is 5.91 Å². The lowest BCUT2D eigenvalue weighted by Crippen LogP contribution is -2.68. The van der Waals surface area contributed by atoms with Gasteiger partial charge in [-0.2, -0.15) is 0 Å². The highest BCUT2D eigenvalue weighted by Crippen LogP contribution is 2.45. The van der Waals surface area contributed by atoms with Gasteiger partial charge in [-0.25, -0.2) is 9.69 Å². The molecule has 1 fully saturated rings. The lowest BCUT2D eigenvalue weighted by Gasteiger charge is -2.49. The van der Waals surface area contributed by atoms with Gasteiger partial charge < -0.3 is 28.6 Å². The van der Waals surface area contributed by atoms with Crippen molar-refractivity contribution in [2.45, 2.75) is 44.5 Å². The maximum Gasteiger partial charge on any atom is 0.417 e. The lowest BCUT2D eigenvalue weighted by molar-refractivity contribution is -0.163.